The van der Waals surface area contributed by atoms with Crippen LogP contribution in [0.3, 0.4) is 0 Å². The van der Waals surface area contributed by atoms with Gasteiger partial charge in [0.15, 0.2) is 0 Å². The van der Waals surface area contributed by atoms with Crippen molar-refractivity contribution < 1.29 is 116 Å². The third kappa shape index (κ3) is 290. The van der Waals surface area contributed by atoms with Crippen LogP contribution in [-0.2, 0) is 20.8 Å². The minimum atomic E-state index is -5.17. The molecule has 0 radical (unpaired) electrons. The maximum absolute atomic E-state index is 8.52. The van der Waals surface area contributed by atoms with Crippen LogP contribution in [0, 0.1) is 0 Å². The molecule has 0 aromatic heterocycles. The maximum Gasteiger partial charge on any atom is 3.00 e. The Hall–Kier alpha value is 3.97. The molecule has 0 heterocycles. The van der Waals surface area contributed by atoms with Crippen LogP contribution in [0.1, 0.15) is 0 Å². The van der Waals surface area contributed by atoms with Crippen molar-refractivity contribution in [2.24, 2.45) is 0 Å². The Morgan fingerprint density at radius 3 is 0.600 bits per heavy atom. The van der Waals surface area contributed by atoms with E-state index in [2.05, 4.69) is 0 Å². The van der Waals surface area contributed by atoms with Gasteiger partial charge in [0, 0.05) is 20.8 Å². The standard InChI is InChI=1S/3Al.K.Na.2H2O4S/c;;;;;2*1-5(2,3)4/h;;;;;2*(H2,1,2,3,4)/q3*+3;2*+1;;/p-4. The molecule has 0 aliphatic rings. The van der Waals surface area contributed by atoms with Gasteiger partial charge in [-0.05, 0) is 0 Å². The van der Waals surface area contributed by atoms with E-state index in [9.17, 15) is 0 Å². The van der Waals surface area contributed by atoms with Crippen molar-refractivity contribution in [3.8, 4) is 0 Å². The van der Waals surface area contributed by atoms with Crippen LogP contribution in [0.15, 0.2) is 0 Å². The largest absolute Gasteiger partial charge is 3.00 e. The van der Waals surface area contributed by atoms with Crippen LogP contribution in [-0.4, -0.2) is 87.1 Å². The minimum Gasteiger partial charge on any atom is -0.759 e. The molecule has 0 aliphatic carbocycles. The van der Waals surface area contributed by atoms with Crippen molar-refractivity contribution in [1.82, 2.24) is 0 Å². The first-order chi connectivity index (χ1) is 4.00. The fourth-order valence-electron chi connectivity index (χ4n) is 0. The summed E-state index contributed by atoms with van der Waals surface area (Å²) in [6.07, 6.45) is 0. The Morgan fingerprint density at radius 2 is 0.600 bits per heavy atom. The molecule has 0 bridgehead atoms. The van der Waals surface area contributed by atoms with E-state index in [0.29, 0.717) is 0 Å². The summed E-state index contributed by atoms with van der Waals surface area (Å²) in [7, 11) is -10.3. The summed E-state index contributed by atoms with van der Waals surface area (Å²) in [4.78, 5) is 0. The van der Waals surface area contributed by atoms with E-state index < -0.39 is 20.8 Å². The van der Waals surface area contributed by atoms with Crippen molar-refractivity contribution in [3.05, 3.63) is 0 Å². The molecule has 0 amide bonds. The second-order valence-electron chi connectivity index (χ2n) is 0.816. The predicted octanol–water partition coefficient (Wildman–Crippen LogP) is -9.81. The SMILES string of the molecule is O=S(=O)([O-])[O-].O=S(=O)([O-])[O-].[Al+3].[Al+3].[Al+3].[K+].[Na+]. The van der Waals surface area contributed by atoms with E-state index >= 15 is 0 Å². The van der Waals surface area contributed by atoms with Gasteiger partial charge in [-0.15, -0.1) is 0 Å². The molecule has 0 rings (SSSR count). The molecule has 0 aromatic rings. The fourth-order valence-corrected chi connectivity index (χ4v) is 0. The molecule has 0 fully saturated rings. The molecule has 0 unspecified atom stereocenters. The van der Waals surface area contributed by atoms with Crippen LogP contribution < -0.4 is 80.9 Å². The monoisotopic (exact) mass is 335 g/mol. The van der Waals surface area contributed by atoms with Crippen molar-refractivity contribution in [3.63, 3.8) is 0 Å². The molecular formula is Al3KNaO8S2+7. The fraction of sp³-hybridized carbons (Fsp3) is 0. The van der Waals surface area contributed by atoms with Gasteiger partial charge in [0.25, 0.3) is 0 Å². The first kappa shape index (κ1) is 42.8. The van der Waals surface area contributed by atoms with Crippen LogP contribution in [0.4, 0.5) is 0 Å². The Morgan fingerprint density at radius 1 is 0.600 bits per heavy atom. The molecule has 0 aromatic carbocycles. The van der Waals surface area contributed by atoms with E-state index in [0.717, 1.165) is 0 Å². The van der Waals surface area contributed by atoms with E-state index in [1.165, 1.54) is 0 Å². The van der Waals surface area contributed by atoms with E-state index in [1.807, 2.05) is 0 Å². The number of hydrogen-bond acceptors (Lipinski definition) is 8. The quantitative estimate of drug-likeness (QED) is 0.239. The summed E-state index contributed by atoms with van der Waals surface area (Å²) >= 11 is 0. The molecular weight excluding hydrogens is 335 g/mol. The summed E-state index contributed by atoms with van der Waals surface area (Å²) in [5, 5.41) is 0. The van der Waals surface area contributed by atoms with Gasteiger partial charge in [0.05, 0.1) is 0 Å². The summed E-state index contributed by atoms with van der Waals surface area (Å²) < 4.78 is 68.2. The summed E-state index contributed by atoms with van der Waals surface area (Å²) in [6.45, 7) is 0. The topological polar surface area (TPSA) is 161 Å². The van der Waals surface area contributed by atoms with E-state index in [4.69, 9.17) is 35.0 Å². The minimum absolute atomic E-state index is 0. The first-order valence-corrected chi connectivity index (χ1v) is 4.00. The van der Waals surface area contributed by atoms with Crippen molar-refractivity contribution >= 4 is 72.9 Å². The number of hydrogen-bond donors (Lipinski definition) is 0. The molecule has 15 heteroatoms. The van der Waals surface area contributed by atoms with Crippen molar-refractivity contribution in [2.75, 3.05) is 0 Å². The molecule has 15 heavy (non-hydrogen) atoms. The third-order valence-electron chi connectivity index (χ3n) is 0. The summed E-state index contributed by atoms with van der Waals surface area (Å²) in [5.41, 5.74) is 0. The van der Waals surface area contributed by atoms with Gasteiger partial charge in [-0.3, -0.25) is 16.8 Å². The Labute approximate surface area is 185 Å². The Kier molecular flexibility index (Phi) is 57.8. The zero-order valence-electron chi connectivity index (χ0n) is 7.81. The van der Waals surface area contributed by atoms with E-state index in [1.54, 1.807) is 0 Å². The average Bonchev–Trinajstić information content (AvgIpc) is 1.12. The Balaban J connectivity index is -0.0000000128. The van der Waals surface area contributed by atoms with Gasteiger partial charge in [-0.2, -0.15) is 0 Å². The molecule has 8 nitrogen and oxygen atoms in total. The van der Waals surface area contributed by atoms with Crippen LogP contribution in [0.25, 0.3) is 0 Å². The van der Waals surface area contributed by atoms with Crippen molar-refractivity contribution in [2.45, 2.75) is 0 Å². The summed E-state index contributed by atoms with van der Waals surface area (Å²) in [6, 6.07) is 0. The van der Waals surface area contributed by atoms with Gasteiger partial charge in [0.1, 0.15) is 0 Å². The van der Waals surface area contributed by atoms with Gasteiger partial charge >= 0.3 is 133 Å². The van der Waals surface area contributed by atoms with Crippen LogP contribution >= 0.6 is 0 Å². The molecule has 0 spiro atoms. The molecule has 0 saturated carbocycles. The zero-order valence-corrected chi connectivity index (χ0v) is 18.0. The van der Waals surface area contributed by atoms with Gasteiger partial charge in [-0.1, -0.05) is 0 Å². The van der Waals surface area contributed by atoms with Crippen LogP contribution in [0.2, 0.25) is 0 Å². The first-order valence-electron chi connectivity index (χ1n) is 1.33. The number of rotatable bonds is 0. The molecule has 0 saturated heterocycles. The summed E-state index contributed by atoms with van der Waals surface area (Å²) in [5.74, 6) is 0. The van der Waals surface area contributed by atoms with Crippen LogP contribution in [0.5, 0.6) is 0 Å². The molecule has 0 atom stereocenters. The predicted molar refractivity (Wildman–Crippen MR) is 38.2 cm³/mol. The Bertz CT molecular complexity index is 224. The average molecular weight is 335 g/mol. The van der Waals surface area contributed by atoms with E-state index in [-0.39, 0.29) is 133 Å². The van der Waals surface area contributed by atoms with Gasteiger partial charge < -0.3 is 18.2 Å². The molecule has 0 aliphatic heterocycles. The van der Waals surface area contributed by atoms with Crippen molar-refractivity contribution in [1.29, 1.82) is 0 Å². The van der Waals surface area contributed by atoms with Gasteiger partial charge in [0.2, 0.25) is 0 Å². The second kappa shape index (κ2) is 20.3. The molecule has 0 N–H and O–H groups in total. The smallest absolute Gasteiger partial charge is 0.759 e. The normalized spacial score (nSPS) is 7.73. The second-order valence-corrected chi connectivity index (χ2v) is 2.45. The zero-order chi connectivity index (χ0) is 9.00. The third-order valence-corrected chi connectivity index (χ3v) is 0. The maximum atomic E-state index is 8.52. The van der Waals surface area contributed by atoms with Gasteiger partial charge in [-0.25, -0.2) is 0 Å². The molecule has 64 valence electrons.